The molecule has 2 atom stereocenters. The Labute approximate surface area is 117 Å². The minimum absolute atomic E-state index is 0.292. The van der Waals surface area contributed by atoms with Gasteiger partial charge in [-0.2, -0.15) is 0 Å². The molecule has 0 aliphatic heterocycles. The molecule has 0 saturated heterocycles. The first-order valence-corrected chi connectivity index (χ1v) is 6.90. The molecule has 0 heterocycles. The molecule has 114 valence electrons. The van der Waals surface area contributed by atoms with Crippen LogP contribution in [0.1, 0.15) is 44.9 Å². The molecule has 0 bridgehead atoms. The fourth-order valence-electron chi connectivity index (χ4n) is 2.54. The molecule has 0 spiro atoms. The summed E-state index contributed by atoms with van der Waals surface area (Å²) in [4.78, 5) is 33.3. The molecule has 1 fully saturated rings. The Morgan fingerprint density at radius 1 is 1.15 bits per heavy atom. The van der Waals surface area contributed by atoms with Crippen molar-refractivity contribution in [2.45, 2.75) is 57.0 Å². The van der Waals surface area contributed by atoms with E-state index in [-0.39, 0.29) is 0 Å². The first kappa shape index (κ1) is 16.4. The predicted octanol–water partition coefficient (Wildman–Crippen LogP) is 0.328. The Morgan fingerprint density at radius 2 is 1.75 bits per heavy atom. The van der Waals surface area contributed by atoms with Gasteiger partial charge in [-0.25, -0.2) is 4.79 Å². The van der Waals surface area contributed by atoms with E-state index in [0.717, 1.165) is 25.7 Å². The van der Waals surface area contributed by atoms with Crippen LogP contribution in [0.5, 0.6) is 0 Å². The van der Waals surface area contributed by atoms with Crippen molar-refractivity contribution in [2.75, 3.05) is 0 Å². The van der Waals surface area contributed by atoms with Crippen LogP contribution < -0.4 is 11.1 Å². The highest BCUT2D eigenvalue weighted by molar-refractivity contribution is 5.89. The number of carboxylic acids is 2. The van der Waals surface area contributed by atoms with Crippen molar-refractivity contribution in [3.05, 3.63) is 0 Å². The molecule has 1 saturated carbocycles. The van der Waals surface area contributed by atoms with E-state index in [1.165, 1.54) is 6.42 Å². The molecular weight excluding hydrogens is 264 g/mol. The molecule has 0 unspecified atom stereocenters. The molecule has 1 rings (SSSR count). The minimum atomic E-state index is -1.22. The Hall–Kier alpha value is -1.63. The molecule has 7 heteroatoms. The first-order chi connectivity index (χ1) is 9.40. The average Bonchev–Trinajstić information content (AvgIpc) is 2.38. The van der Waals surface area contributed by atoms with Gasteiger partial charge in [0.25, 0.3) is 0 Å². The van der Waals surface area contributed by atoms with Crippen LogP contribution in [0.15, 0.2) is 0 Å². The van der Waals surface area contributed by atoms with Crippen molar-refractivity contribution in [2.24, 2.45) is 11.7 Å². The van der Waals surface area contributed by atoms with Crippen molar-refractivity contribution >= 4 is 17.8 Å². The SMILES string of the molecule is N[C@@H](CC(=O)O)C(=O)N[C@@H](CC1CCCCC1)C(=O)O. The Kier molecular flexibility index (Phi) is 6.44. The van der Waals surface area contributed by atoms with E-state index in [0.29, 0.717) is 12.3 Å². The van der Waals surface area contributed by atoms with Crippen LogP contribution in [-0.4, -0.2) is 40.1 Å². The highest BCUT2D eigenvalue weighted by Gasteiger charge is 2.27. The second-order valence-corrected chi connectivity index (χ2v) is 5.34. The molecule has 5 N–H and O–H groups in total. The fraction of sp³-hybridized carbons (Fsp3) is 0.769. The van der Waals surface area contributed by atoms with Gasteiger partial charge in [-0.3, -0.25) is 9.59 Å². The summed E-state index contributed by atoms with van der Waals surface area (Å²) in [6, 6.07) is -2.22. The van der Waals surface area contributed by atoms with Crippen molar-refractivity contribution in [1.82, 2.24) is 5.32 Å². The van der Waals surface area contributed by atoms with Crippen LogP contribution >= 0.6 is 0 Å². The predicted molar refractivity (Wildman–Crippen MR) is 71.0 cm³/mol. The maximum absolute atomic E-state index is 11.7. The fourth-order valence-corrected chi connectivity index (χ4v) is 2.54. The number of amides is 1. The lowest BCUT2D eigenvalue weighted by molar-refractivity contribution is -0.143. The van der Waals surface area contributed by atoms with E-state index >= 15 is 0 Å². The smallest absolute Gasteiger partial charge is 0.326 e. The highest BCUT2D eigenvalue weighted by atomic mass is 16.4. The lowest BCUT2D eigenvalue weighted by Gasteiger charge is -2.25. The van der Waals surface area contributed by atoms with E-state index in [2.05, 4.69) is 5.32 Å². The maximum Gasteiger partial charge on any atom is 0.326 e. The summed E-state index contributed by atoms with van der Waals surface area (Å²) < 4.78 is 0. The summed E-state index contributed by atoms with van der Waals surface area (Å²) in [7, 11) is 0. The molecule has 0 aromatic carbocycles. The molecule has 0 aromatic rings. The zero-order valence-corrected chi connectivity index (χ0v) is 11.4. The number of hydrogen-bond donors (Lipinski definition) is 4. The number of nitrogens with two attached hydrogens (primary N) is 1. The van der Waals surface area contributed by atoms with Crippen LogP contribution in [0.3, 0.4) is 0 Å². The summed E-state index contributed by atoms with van der Waals surface area (Å²) >= 11 is 0. The third kappa shape index (κ3) is 5.56. The van der Waals surface area contributed by atoms with Crippen molar-refractivity contribution in [1.29, 1.82) is 0 Å². The van der Waals surface area contributed by atoms with Gasteiger partial charge in [0, 0.05) is 0 Å². The number of carboxylic acid groups (broad SMARTS) is 2. The van der Waals surface area contributed by atoms with Crippen LogP contribution in [-0.2, 0) is 14.4 Å². The molecule has 0 aromatic heterocycles. The summed E-state index contributed by atoms with van der Waals surface area (Å²) in [5, 5.41) is 20.0. The van der Waals surface area contributed by atoms with E-state index in [4.69, 9.17) is 15.9 Å². The molecule has 1 aliphatic carbocycles. The van der Waals surface area contributed by atoms with Gasteiger partial charge in [-0.15, -0.1) is 0 Å². The van der Waals surface area contributed by atoms with Gasteiger partial charge in [-0.05, 0) is 12.3 Å². The number of hydrogen-bond acceptors (Lipinski definition) is 4. The lowest BCUT2D eigenvalue weighted by Crippen LogP contribution is -2.49. The van der Waals surface area contributed by atoms with E-state index in [9.17, 15) is 14.4 Å². The van der Waals surface area contributed by atoms with Crippen LogP contribution in [0.2, 0.25) is 0 Å². The van der Waals surface area contributed by atoms with Crippen molar-refractivity contribution < 1.29 is 24.6 Å². The number of aliphatic carboxylic acids is 2. The summed E-state index contributed by atoms with van der Waals surface area (Å²) in [6.45, 7) is 0. The first-order valence-electron chi connectivity index (χ1n) is 6.90. The van der Waals surface area contributed by atoms with Gasteiger partial charge in [0.2, 0.25) is 5.91 Å². The zero-order valence-electron chi connectivity index (χ0n) is 11.4. The Morgan fingerprint density at radius 3 is 2.25 bits per heavy atom. The number of rotatable bonds is 7. The quantitative estimate of drug-likeness (QED) is 0.533. The Balaban J connectivity index is 2.51. The molecule has 1 amide bonds. The van der Waals surface area contributed by atoms with E-state index in [1.807, 2.05) is 0 Å². The van der Waals surface area contributed by atoms with Crippen molar-refractivity contribution in [3.63, 3.8) is 0 Å². The molecule has 7 nitrogen and oxygen atoms in total. The highest BCUT2D eigenvalue weighted by Crippen LogP contribution is 2.27. The van der Waals surface area contributed by atoms with Gasteiger partial charge < -0.3 is 21.3 Å². The molecule has 20 heavy (non-hydrogen) atoms. The van der Waals surface area contributed by atoms with E-state index < -0.39 is 36.4 Å². The average molecular weight is 286 g/mol. The topological polar surface area (TPSA) is 130 Å². The van der Waals surface area contributed by atoms with Gasteiger partial charge in [0.1, 0.15) is 6.04 Å². The summed E-state index contributed by atoms with van der Waals surface area (Å²) in [5.41, 5.74) is 5.41. The third-order valence-corrected chi connectivity index (χ3v) is 3.64. The number of nitrogens with one attached hydrogen (secondary N) is 1. The molecule has 1 aliphatic rings. The van der Waals surface area contributed by atoms with Gasteiger partial charge in [0.05, 0.1) is 12.5 Å². The summed E-state index contributed by atoms with van der Waals surface area (Å²) in [5.74, 6) is -2.73. The lowest BCUT2D eigenvalue weighted by atomic mass is 9.85. The third-order valence-electron chi connectivity index (χ3n) is 3.64. The van der Waals surface area contributed by atoms with Crippen LogP contribution in [0, 0.1) is 5.92 Å². The van der Waals surface area contributed by atoms with Crippen LogP contribution in [0.25, 0.3) is 0 Å². The minimum Gasteiger partial charge on any atom is -0.481 e. The standard InChI is InChI=1S/C13H22N2O5/c14-9(7-11(16)17)12(18)15-10(13(19)20)6-8-4-2-1-3-5-8/h8-10H,1-7,14H2,(H,15,18)(H,16,17)(H,19,20)/t9-,10-/m0/s1. The second-order valence-electron chi connectivity index (χ2n) is 5.34. The monoisotopic (exact) mass is 286 g/mol. The maximum atomic E-state index is 11.7. The number of carbonyl (C=O) groups is 3. The largest absolute Gasteiger partial charge is 0.481 e. The normalized spacial score (nSPS) is 19.1. The van der Waals surface area contributed by atoms with Gasteiger partial charge >= 0.3 is 11.9 Å². The van der Waals surface area contributed by atoms with Gasteiger partial charge in [-0.1, -0.05) is 32.1 Å². The zero-order chi connectivity index (χ0) is 15.1. The summed E-state index contributed by atoms with van der Waals surface area (Å²) in [6.07, 6.45) is 5.15. The second kappa shape index (κ2) is 7.84. The Bertz CT molecular complexity index is 366. The van der Waals surface area contributed by atoms with E-state index in [1.54, 1.807) is 0 Å². The number of carbonyl (C=O) groups excluding carboxylic acids is 1. The van der Waals surface area contributed by atoms with Gasteiger partial charge in [0.15, 0.2) is 0 Å². The van der Waals surface area contributed by atoms with Crippen LogP contribution in [0.4, 0.5) is 0 Å². The molecule has 0 radical (unpaired) electrons. The van der Waals surface area contributed by atoms with Crippen molar-refractivity contribution in [3.8, 4) is 0 Å². The molecular formula is C13H22N2O5.